The molecule has 2 fully saturated rings. The molecule has 3 unspecified atom stereocenters. The Morgan fingerprint density at radius 1 is 1.18 bits per heavy atom. The summed E-state index contributed by atoms with van der Waals surface area (Å²) in [5.74, 6) is 1.68. The lowest BCUT2D eigenvalue weighted by Crippen LogP contribution is -2.26. The van der Waals surface area contributed by atoms with E-state index in [1.165, 1.54) is 38.0 Å². The van der Waals surface area contributed by atoms with Gasteiger partial charge in [-0.05, 0) is 43.0 Å². The second-order valence-corrected chi connectivity index (χ2v) is 5.80. The average Bonchev–Trinajstić information content (AvgIpc) is 2.82. The van der Waals surface area contributed by atoms with Crippen LogP contribution in [-0.4, -0.2) is 30.6 Å². The van der Waals surface area contributed by atoms with Crippen molar-refractivity contribution in [2.45, 2.75) is 31.3 Å². The number of likely N-dealkylation sites (tertiary alicyclic amines) is 1. The fourth-order valence-corrected chi connectivity index (χ4v) is 3.81. The van der Waals surface area contributed by atoms with Crippen LogP contribution in [-0.2, 0) is 6.54 Å². The quantitative estimate of drug-likeness (QED) is 0.832. The Kier molecular flexibility index (Phi) is 2.27. The van der Waals surface area contributed by atoms with E-state index in [2.05, 4.69) is 34.5 Å². The highest BCUT2D eigenvalue weighted by molar-refractivity contribution is 5.41. The van der Waals surface area contributed by atoms with Crippen molar-refractivity contribution in [2.24, 2.45) is 5.92 Å². The number of hydrogen-bond acceptors (Lipinski definition) is 2. The van der Waals surface area contributed by atoms with Crippen LogP contribution >= 0.6 is 0 Å². The van der Waals surface area contributed by atoms with Crippen LogP contribution in [0.1, 0.15) is 29.9 Å². The van der Waals surface area contributed by atoms with Crippen molar-refractivity contribution in [3.8, 4) is 0 Å². The molecule has 2 heteroatoms. The van der Waals surface area contributed by atoms with E-state index in [0.717, 1.165) is 24.4 Å². The van der Waals surface area contributed by atoms with Crippen LogP contribution in [0.3, 0.4) is 0 Å². The Labute approximate surface area is 103 Å². The van der Waals surface area contributed by atoms with Gasteiger partial charge in [-0.1, -0.05) is 24.3 Å². The first kappa shape index (κ1) is 10.1. The molecule has 2 aliphatic heterocycles. The van der Waals surface area contributed by atoms with Crippen LogP contribution in [0.15, 0.2) is 24.3 Å². The zero-order chi connectivity index (χ0) is 11.2. The van der Waals surface area contributed by atoms with Gasteiger partial charge < -0.3 is 10.2 Å². The molecular formula is C15H20N2. The Hall–Kier alpha value is -0.860. The third-order valence-corrected chi connectivity index (χ3v) is 4.78. The van der Waals surface area contributed by atoms with Crippen LogP contribution < -0.4 is 5.32 Å². The highest BCUT2D eigenvalue weighted by atomic mass is 15.2. The van der Waals surface area contributed by atoms with Gasteiger partial charge >= 0.3 is 0 Å². The molecule has 0 spiro atoms. The Bertz CT molecular complexity index is 423. The van der Waals surface area contributed by atoms with E-state index in [0.29, 0.717) is 0 Å². The SMILES string of the molecule is c1ccc2c(c1)CNC1C(CN3CCCC3)C21. The molecule has 17 heavy (non-hydrogen) atoms. The predicted octanol–water partition coefficient (Wildman–Crippen LogP) is 1.97. The number of fused-ring (bicyclic) bond motifs is 3. The molecular weight excluding hydrogens is 208 g/mol. The Balaban J connectivity index is 1.52. The molecule has 2 nitrogen and oxygen atoms in total. The number of nitrogens with one attached hydrogen (secondary N) is 1. The third-order valence-electron chi connectivity index (χ3n) is 4.78. The van der Waals surface area contributed by atoms with E-state index in [4.69, 9.17) is 0 Å². The number of benzene rings is 1. The Morgan fingerprint density at radius 3 is 2.88 bits per heavy atom. The third kappa shape index (κ3) is 1.62. The van der Waals surface area contributed by atoms with Crippen LogP contribution in [0.5, 0.6) is 0 Å². The molecule has 4 rings (SSSR count). The first-order chi connectivity index (χ1) is 8.43. The van der Waals surface area contributed by atoms with Gasteiger partial charge in [0.1, 0.15) is 0 Å². The zero-order valence-corrected chi connectivity index (χ0v) is 10.2. The molecule has 0 bridgehead atoms. The summed E-state index contributed by atoms with van der Waals surface area (Å²) in [6.07, 6.45) is 2.82. The molecule has 1 saturated heterocycles. The maximum Gasteiger partial charge on any atom is 0.0211 e. The minimum Gasteiger partial charge on any atom is -0.309 e. The Morgan fingerprint density at radius 2 is 2.00 bits per heavy atom. The van der Waals surface area contributed by atoms with Gasteiger partial charge in [-0.2, -0.15) is 0 Å². The van der Waals surface area contributed by atoms with Crippen LogP contribution in [0, 0.1) is 5.92 Å². The van der Waals surface area contributed by atoms with E-state index < -0.39 is 0 Å². The van der Waals surface area contributed by atoms with Crippen LogP contribution in [0.25, 0.3) is 0 Å². The average molecular weight is 228 g/mol. The minimum absolute atomic E-state index is 0.769. The lowest BCUT2D eigenvalue weighted by molar-refractivity contribution is 0.317. The topological polar surface area (TPSA) is 15.3 Å². The van der Waals surface area contributed by atoms with Crippen molar-refractivity contribution in [1.82, 2.24) is 10.2 Å². The lowest BCUT2D eigenvalue weighted by atomic mass is 10.00. The van der Waals surface area contributed by atoms with Crippen molar-refractivity contribution < 1.29 is 0 Å². The van der Waals surface area contributed by atoms with Crippen molar-refractivity contribution in [2.75, 3.05) is 19.6 Å². The van der Waals surface area contributed by atoms with Crippen LogP contribution in [0.2, 0.25) is 0 Å². The standard InChI is InChI=1S/C15H20N2/c1-2-6-12-11(5-1)9-16-15-13(14(12)15)10-17-7-3-4-8-17/h1-2,5-6,13-16H,3-4,7-10H2. The van der Waals surface area contributed by atoms with E-state index in [-0.39, 0.29) is 0 Å². The number of hydrogen-bond donors (Lipinski definition) is 1. The number of nitrogens with zero attached hydrogens (tertiary/aromatic N) is 1. The summed E-state index contributed by atoms with van der Waals surface area (Å²) < 4.78 is 0. The summed E-state index contributed by atoms with van der Waals surface area (Å²) >= 11 is 0. The van der Waals surface area contributed by atoms with Gasteiger partial charge in [0.2, 0.25) is 0 Å². The number of rotatable bonds is 2. The first-order valence-corrected chi connectivity index (χ1v) is 6.97. The molecule has 1 N–H and O–H groups in total. The zero-order valence-electron chi connectivity index (χ0n) is 10.2. The summed E-state index contributed by atoms with van der Waals surface area (Å²) in [5, 5.41) is 3.71. The molecule has 3 aliphatic rings. The van der Waals surface area contributed by atoms with Gasteiger partial charge in [-0.25, -0.2) is 0 Å². The molecule has 1 aromatic carbocycles. The van der Waals surface area contributed by atoms with Crippen molar-refractivity contribution in [1.29, 1.82) is 0 Å². The second-order valence-electron chi connectivity index (χ2n) is 5.80. The molecule has 0 aromatic heterocycles. The van der Waals surface area contributed by atoms with Crippen LogP contribution in [0.4, 0.5) is 0 Å². The summed E-state index contributed by atoms with van der Waals surface area (Å²) in [5.41, 5.74) is 3.15. The fraction of sp³-hybridized carbons (Fsp3) is 0.600. The smallest absolute Gasteiger partial charge is 0.0211 e. The van der Waals surface area contributed by atoms with E-state index in [1.54, 1.807) is 5.56 Å². The van der Waals surface area contributed by atoms with Crippen molar-refractivity contribution >= 4 is 0 Å². The summed E-state index contributed by atoms with van der Waals surface area (Å²) in [4.78, 5) is 2.66. The van der Waals surface area contributed by atoms with E-state index in [9.17, 15) is 0 Å². The van der Waals surface area contributed by atoms with Gasteiger partial charge in [-0.3, -0.25) is 0 Å². The largest absolute Gasteiger partial charge is 0.309 e. The summed E-state index contributed by atoms with van der Waals surface area (Å²) in [7, 11) is 0. The van der Waals surface area contributed by atoms with Gasteiger partial charge in [-0.15, -0.1) is 0 Å². The van der Waals surface area contributed by atoms with E-state index in [1.807, 2.05) is 0 Å². The maximum absolute atomic E-state index is 3.71. The van der Waals surface area contributed by atoms with Gasteiger partial charge in [0.25, 0.3) is 0 Å². The monoisotopic (exact) mass is 228 g/mol. The van der Waals surface area contributed by atoms with Crippen molar-refractivity contribution in [3.63, 3.8) is 0 Å². The normalized spacial score (nSPS) is 35.4. The van der Waals surface area contributed by atoms with Crippen molar-refractivity contribution in [3.05, 3.63) is 35.4 Å². The summed E-state index contributed by atoms with van der Waals surface area (Å²) in [6.45, 7) is 5.06. The van der Waals surface area contributed by atoms with Gasteiger partial charge in [0.15, 0.2) is 0 Å². The molecule has 0 radical (unpaired) electrons. The highest BCUT2D eigenvalue weighted by Gasteiger charge is 2.53. The molecule has 2 heterocycles. The maximum atomic E-state index is 3.71. The van der Waals surface area contributed by atoms with Gasteiger partial charge in [0, 0.05) is 25.0 Å². The van der Waals surface area contributed by atoms with E-state index >= 15 is 0 Å². The molecule has 1 aliphatic carbocycles. The first-order valence-electron chi connectivity index (χ1n) is 6.97. The lowest BCUT2D eigenvalue weighted by Gasteiger charge is -2.15. The molecule has 90 valence electrons. The molecule has 0 amide bonds. The molecule has 1 aromatic rings. The highest BCUT2D eigenvalue weighted by Crippen LogP contribution is 2.51. The predicted molar refractivity (Wildman–Crippen MR) is 69.0 cm³/mol. The second kappa shape index (κ2) is 3.82. The van der Waals surface area contributed by atoms with Gasteiger partial charge in [0.05, 0.1) is 0 Å². The molecule has 1 saturated carbocycles. The minimum atomic E-state index is 0.769. The fourth-order valence-electron chi connectivity index (χ4n) is 3.81. The molecule has 3 atom stereocenters. The summed E-state index contributed by atoms with van der Waals surface area (Å²) in [6, 6.07) is 9.76.